The van der Waals surface area contributed by atoms with Crippen LogP contribution in [0.1, 0.15) is 53.3 Å². The summed E-state index contributed by atoms with van der Waals surface area (Å²) in [5, 5.41) is 7.27. The molecule has 6 nitrogen and oxygen atoms in total. The summed E-state index contributed by atoms with van der Waals surface area (Å²) in [5.74, 6) is 1.76. The van der Waals surface area contributed by atoms with Gasteiger partial charge >= 0.3 is 0 Å². The van der Waals surface area contributed by atoms with E-state index >= 15 is 0 Å². The van der Waals surface area contributed by atoms with Crippen molar-refractivity contribution in [1.29, 1.82) is 0 Å². The van der Waals surface area contributed by atoms with Crippen LogP contribution < -0.4 is 10.6 Å². The van der Waals surface area contributed by atoms with Crippen LogP contribution in [0.15, 0.2) is 29.3 Å². The Bertz CT molecular complexity index is 672. The van der Waals surface area contributed by atoms with Crippen molar-refractivity contribution in [3.05, 3.63) is 35.4 Å². The van der Waals surface area contributed by atoms with E-state index in [9.17, 15) is 9.59 Å². The molecule has 0 aliphatic carbocycles. The van der Waals surface area contributed by atoms with Gasteiger partial charge in [-0.05, 0) is 50.5 Å². The number of nitrogens with one attached hydrogen (secondary N) is 2. The number of carbonyl (C=O) groups excluding carboxylic acids is 2. The lowest BCUT2D eigenvalue weighted by Gasteiger charge is -2.15. The lowest BCUT2D eigenvalue weighted by atomic mass is 10.1. The van der Waals surface area contributed by atoms with Gasteiger partial charge in [-0.15, -0.1) is 24.0 Å². The summed E-state index contributed by atoms with van der Waals surface area (Å²) in [5.41, 5.74) is 1.04. The Hall–Kier alpha value is -1.29. The number of halogens is 1. The first-order chi connectivity index (χ1) is 13.2. The lowest BCUT2D eigenvalue weighted by molar-refractivity contribution is 0.0652. The zero-order valence-corrected chi connectivity index (χ0v) is 19.4. The number of guanidine groups is 1. The molecule has 2 aliphatic rings. The quantitative estimate of drug-likeness (QED) is 0.183. The Morgan fingerprint density at radius 3 is 2.50 bits per heavy atom. The third-order valence-electron chi connectivity index (χ3n) is 4.80. The molecule has 0 bridgehead atoms. The van der Waals surface area contributed by atoms with Crippen molar-refractivity contribution in [2.24, 2.45) is 4.99 Å². The number of aliphatic imine (C=N–C) groups is 1. The molecular formula is C20H29IN4O2S. The second-order valence-corrected chi connectivity index (χ2v) is 8.20. The van der Waals surface area contributed by atoms with E-state index in [0.717, 1.165) is 38.4 Å². The maximum atomic E-state index is 12.3. The fourth-order valence-corrected chi connectivity index (χ4v) is 4.55. The van der Waals surface area contributed by atoms with Crippen molar-refractivity contribution >= 4 is 53.5 Å². The Morgan fingerprint density at radius 2 is 1.89 bits per heavy atom. The lowest BCUT2D eigenvalue weighted by Crippen LogP contribution is -2.38. The smallest absolute Gasteiger partial charge is 0.261 e. The standard InChI is InChI=1S/C20H28N4O2S.HI/c1-2-21-20(23-14-15-8-7-13-27-15)22-11-5-6-12-24-18(25)16-9-3-4-10-17(16)19(24)26;/h3-4,9-10,15H,2,5-8,11-14H2,1H3,(H2,21,22,23);1H. The number of rotatable bonds is 8. The predicted octanol–water partition coefficient (Wildman–Crippen LogP) is 3.13. The van der Waals surface area contributed by atoms with Gasteiger partial charge in [-0.2, -0.15) is 11.8 Å². The van der Waals surface area contributed by atoms with Gasteiger partial charge in [-0.1, -0.05) is 12.1 Å². The molecule has 0 radical (unpaired) electrons. The normalized spacial score (nSPS) is 18.8. The maximum absolute atomic E-state index is 12.3. The number of imide groups is 1. The molecule has 0 spiro atoms. The maximum Gasteiger partial charge on any atom is 0.261 e. The highest BCUT2D eigenvalue weighted by Crippen LogP contribution is 2.26. The van der Waals surface area contributed by atoms with Crippen LogP contribution in [0.25, 0.3) is 0 Å². The molecule has 1 saturated heterocycles. The summed E-state index contributed by atoms with van der Waals surface area (Å²) in [4.78, 5) is 30.7. The first-order valence-electron chi connectivity index (χ1n) is 9.79. The van der Waals surface area contributed by atoms with Crippen LogP contribution in [0.2, 0.25) is 0 Å². The van der Waals surface area contributed by atoms with Gasteiger partial charge in [0.2, 0.25) is 0 Å². The Balaban J connectivity index is 0.00000280. The first kappa shape index (κ1) is 23.0. The molecule has 0 aromatic heterocycles. The van der Waals surface area contributed by atoms with Gasteiger partial charge in [0.05, 0.1) is 17.7 Å². The third kappa shape index (κ3) is 5.85. The van der Waals surface area contributed by atoms with Crippen molar-refractivity contribution in [2.45, 2.75) is 37.9 Å². The third-order valence-corrected chi connectivity index (χ3v) is 6.18. The molecule has 0 saturated carbocycles. The number of nitrogens with zero attached hydrogens (tertiary/aromatic N) is 2. The van der Waals surface area contributed by atoms with Crippen molar-refractivity contribution < 1.29 is 9.59 Å². The van der Waals surface area contributed by atoms with Gasteiger partial charge in [0.25, 0.3) is 11.8 Å². The largest absolute Gasteiger partial charge is 0.357 e. The highest BCUT2D eigenvalue weighted by atomic mass is 127. The molecule has 1 unspecified atom stereocenters. The Labute approximate surface area is 188 Å². The molecule has 8 heteroatoms. The molecule has 2 heterocycles. The summed E-state index contributed by atoms with van der Waals surface area (Å²) in [6, 6.07) is 7.03. The van der Waals surface area contributed by atoms with Gasteiger partial charge in [-0.25, -0.2) is 0 Å². The monoisotopic (exact) mass is 516 g/mol. The second-order valence-electron chi connectivity index (χ2n) is 6.80. The zero-order valence-electron chi connectivity index (χ0n) is 16.3. The van der Waals surface area contributed by atoms with Crippen molar-refractivity contribution in [3.8, 4) is 0 Å². The SMILES string of the molecule is CCNC(=NCC1CCCS1)NCCCCN1C(=O)c2ccccc2C1=O.I. The number of unbranched alkanes of at least 4 members (excludes halogenated alkanes) is 1. The summed E-state index contributed by atoms with van der Waals surface area (Å²) in [6.07, 6.45) is 4.20. The second kappa shape index (κ2) is 11.6. The van der Waals surface area contributed by atoms with Gasteiger partial charge in [-0.3, -0.25) is 19.5 Å². The van der Waals surface area contributed by atoms with Crippen molar-refractivity contribution in [2.75, 3.05) is 31.9 Å². The van der Waals surface area contributed by atoms with Gasteiger partial charge in [0.15, 0.2) is 5.96 Å². The van der Waals surface area contributed by atoms with Gasteiger partial charge in [0.1, 0.15) is 0 Å². The molecule has 1 atom stereocenters. The molecule has 2 aliphatic heterocycles. The molecular weight excluding hydrogens is 487 g/mol. The molecule has 3 rings (SSSR count). The minimum absolute atomic E-state index is 0. The average Bonchev–Trinajstić information content (AvgIpc) is 3.28. The van der Waals surface area contributed by atoms with Crippen LogP contribution in [-0.4, -0.2) is 59.9 Å². The molecule has 1 aromatic carbocycles. The summed E-state index contributed by atoms with van der Waals surface area (Å²) < 4.78 is 0. The highest BCUT2D eigenvalue weighted by molar-refractivity contribution is 14.0. The van der Waals surface area contributed by atoms with Crippen LogP contribution in [0.4, 0.5) is 0 Å². The van der Waals surface area contributed by atoms with E-state index in [-0.39, 0.29) is 35.8 Å². The Morgan fingerprint density at radius 1 is 1.18 bits per heavy atom. The molecule has 154 valence electrons. The zero-order chi connectivity index (χ0) is 19.1. The molecule has 1 fully saturated rings. The number of thioether (sulfide) groups is 1. The van der Waals surface area contributed by atoms with Crippen molar-refractivity contribution in [1.82, 2.24) is 15.5 Å². The first-order valence-corrected chi connectivity index (χ1v) is 10.8. The van der Waals surface area contributed by atoms with Gasteiger partial charge < -0.3 is 10.6 Å². The number of benzene rings is 1. The minimum atomic E-state index is -0.174. The number of hydrogen-bond acceptors (Lipinski definition) is 4. The Kier molecular flexibility index (Phi) is 9.57. The fraction of sp³-hybridized carbons (Fsp3) is 0.550. The molecule has 2 N–H and O–H groups in total. The van der Waals surface area contributed by atoms with Crippen LogP contribution in [-0.2, 0) is 0 Å². The van der Waals surface area contributed by atoms with E-state index in [1.165, 1.54) is 23.5 Å². The van der Waals surface area contributed by atoms with E-state index in [4.69, 9.17) is 0 Å². The number of amides is 2. The summed E-state index contributed by atoms with van der Waals surface area (Å²) in [7, 11) is 0. The van der Waals surface area contributed by atoms with E-state index in [1.807, 2.05) is 11.8 Å². The van der Waals surface area contributed by atoms with Crippen LogP contribution in [0, 0.1) is 0 Å². The minimum Gasteiger partial charge on any atom is -0.357 e. The van der Waals surface area contributed by atoms with Crippen LogP contribution in [0.3, 0.4) is 0 Å². The summed E-state index contributed by atoms with van der Waals surface area (Å²) >= 11 is 2.01. The molecule has 1 aromatic rings. The number of fused-ring (bicyclic) bond motifs is 1. The van der Waals surface area contributed by atoms with E-state index in [0.29, 0.717) is 22.9 Å². The number of hydrogen-bond donors (Lipinski definition) is 2. The van der Waals surface area contributed by atoms with E-state index in [1.54, 1.807) is 24.3 Å². The van der Waals surface area contributed by atoms with Crippen LogP contribution >= 0.6 is 35.7 Å². The molecule has 2 amide bonds. The molecule has 28 heavy (non-hydrogen) atoms. The average molecular weight is 516 g/mol. The predicted molar refractivity (Wildman–Crippen MR) is 126 cm³/mol. The highest BCUT2D eigenvalue weighted by Gasteiger charge is 2.34. The topological polar surface area (TPSA) is 73.8 Å². The van der Waals surface area contributed by atoms with Crippen molar-refractivity contribution in [3.63, 3.8) is 0 Å². The fourth-order valence-electron chi connectivity index (χ4n) is 3.37. The van der Waals surface area contributed by atoms with Crippen LogP contribution in [0.5, 0.6) is 0 Å². The van der Waals surface area contributed by atoms with Gasteiger partial charge in [0, 0.05) is 24.9 Å². The summed E-state index contributed by atoms with van der Waals surface area (Å²) in [6.45, 7) is 4.98. The number of carbonyl (C=O) groups is 2. The van der Waals surface area contributed by atoms with E-state index < -0.39 is 0 Å². The van der Waals surface area contributed by atoms with E-state index in [2.05, 4.69) is 22.5 Å².